The fourth-order valence-electron chi connectivity index (χ4n) is 1.94. The highest BCUT2D eigenvalue weighted by Crippen LogP contribution is 2.36. The Morgan fingerprint density at radius 1 is 1.24 bits per heavy atom. The molecule has 2 rings (SSSR count). The third kappa shape index (κ3) is 2.84. The lowest BCUT2D eigenvalue weighted by atomic mass is 9.83. The van der Waals surface area contributed by atoms with Gasteiger partial charge in [0.25, 0.3) is 0 Å². The normalized spacial score (nSPS) is 19.4. The van der Waals surface area contributed by atoms with Gasteiger partial charge in [-0.2, -0.15) is 0 Å². The monoisotopic (exact) mass is 291 g/mol. The van der Waals surface area contributed by atoms with Crippen molar-refractivity contribution in [3.05, 3.63) is 23.4 Å². The largest absolute Gasteiger partial charge is 0.514 e. The molecule has 1 saturated heterocycles. The molecule has 1 aromatic rings. The van der Waals surface area contributed by atoms with Crippen LogP contribution in [0.5, 0.6) is 0 Å². The van der Waals surface area contributed by atoms with Crippen LogP contribution >= 0.6 is 0 Å². The van der Waals surface area contributed by atoms with Crippen LogP contribution in [0.1, 0.15) is 48.5 Å². The summed E-state index contributed by atoms with van der Waals surface area (Å²) in [7, 11) is 0.518. The van der Waals surface area contributed by atoms with E-state index in [1.54, 1.807) is 6.07 Å². The number of pyridine rings is 1. The number of aldehydes is 1. The predicted octanol–water partition coefficient (Wildman–Crippen LogP) is 0.980. The molecule has 7 heteroatoms. The first kappa shape index (κ1) is 15.7. The zero-order valence-electron chi connectivity index (χ0n) is 12.8. The zero-order valence-corrected chi connectivity index (χ0v) is 12.8. The summed E-state index contributed by atoms with van der Waals surface area (Å²) < 4.78 is 16.4. The number of esters is 1. The van der Waals surface area contributed by atoms with Gasteiger partial charge in [-0.3, -0.25) is 4.79 Å². The van der Waals surface area contributed by atoms with Crippen molar-refractivity contribution in [1.82, 2.24) is 4.98 Å². The topological polar surface area (TPSA) is 74.7 Å². The van der Waals surface area contributed by atoms with E-state index in [2.05, 4.69) is 9.72 Å². The van der Waals surface area contributed by atoms with Crippen molar-refractivity contribution >= 4 is 25.0 Å². The van der Waals surface area contributed by atoms with E-state index in [9.17, 15) is 9.59 Å². The van der Waals surface area contributed by atoms with Gasteiger partial charge in [-0.05, 0) is 39.8 Å². The van der Waals surface area contributed by atoms with Gasteiger partial charge < -0.3 is 14.0 Å². The van der Waals surface area contributed by atoms with E-state index in [-0.39, 0.29) is 5.69 Å². The lowest BCUT2D eigenvalue weighted by Gasteiger charge is -2.32. The molecule has 0 bridgehead atoms. The summed E-state index contributed by atoms with van der Waals surface area (Å²) >= 11 is 0. The van der Waals surface area contributed by atoms with Crippen LogP contribution in [0.25, 0.3) is 0 Å². The molecule has 0 aliphatic carbocycles. The molecule has 0 spiro atoms. The number of ether oxygens (including phenoxy) is 1. The van der Waals surface area contributed by atoms with Crippen molar-refractivity contribution in [3.63, 3.8) is 0 Å². The second kappa shape index (κ2) is 5.24. The van der Waals surface area contributed by atoms with Gasteiger partial charge in [0.2, 0.25) is 0 Å². The maximum absolute atomic E-state index is 11.6. The number of hydrogen-bond donors (Lipinski definition) is 0. The van der Waals surface area contributed by atoms with Gasteiger partial charge in [-0.1, -0.05) is 0 Å². The van der Waals surface area contributed by atoms with E-state index in [0.29, 0.717) is 17.4 Å². The van der Waals surface area contributed by atoms with E-state index in [4.69, 9.17) is 9.31 Å². The molecule has 21 heavy (non-hydrogen) atoms. The Labute approximate surface area is 123 Å². The van der Waals surface area contributed by atoms with Crippen LogP contribution in [0, 0.1) is 0 Å². The SMILES string of the molecule is COC(=O)c1cc(C=O)cc(B2OC(C)(C)C(C)(C)O2)n1. The molecular weight excluding hydrogens is 273 g/mol. The second-order valence-corrected chi connectivity index (χ2v) is 5.91. The van der Waals surface area contributed by atoms with Crippen LogP contribution in [0.3, 0.4) is 0 Å². The van der Waals surface area contributed by atoms with Gasteiger partial charge in [0.05, 0.1) is 23.9 Å². The molecule has 6 nitrogen and oxygen atoms in total. The summed E-state index contributed by atoms with van der Waals surface area (Å²) in [5.74, 6) is -0.614. The predicted molar refractivity (Wildman–Crippen MR) is 76.7 cm³/mol. The van der Waals surface area contributed by atoms with Gasteiger partial charge in [0.15, 0.2) is 0 Å². The Balaban J connectivity index is 2.41. The maximum Gasteiger partial charge on any atom is 0.514 e. The van der Waals surface area contributed by atoms with Crippen molar-refractivity contribution in [2.75, 3.05) is 7.11 Å². The smallest absolute Gasteiger partial charge is 0.464 e. The number of methoxy groups -OCH3 is 1. The Bertz CT molecular complexity index is 569. The molecule has 0 saturated carbocycles. The van der Waals surface area contributed by atoms with Crippen molar-refractivity contribution in [3.8, 4) is 0 Å². The third-order valence-electron chi connectivity index (χ3n) is 3.89. The van der Waals surface area contributed by atoms with E-state index < -0.39 is 24.3 Å². The molecule has 0 radical (unpaired) electrons. The number of nitrogens with zero attached hydrogens (tertiary/aromatic N) is 1. The quantitative estimate of drug-likeness (QED) is 0.469. The summed E-state index contributed by atoms with van der Waals surface area (Å²) in [5.41, 5.74) is -0.315. The molecule has 0 amide bonds. The fourth-order valence-corrected chi connectivity index (χ4v) is 1.94. The van der Waals surface area contributed by atoms with Gasteiger partial charge in [0, 0.05) is 5.56 Å². The number of hydrogen-bond acceptors (Lipinski definition) is 6. The molecule has 1 aliphatic heterocycles. The van der Waals surface area contributed by atoms with Crippen molar-refractivity contribution < 1.29 is 23.6 Å². The Morgan fingerprint density at radius 3 is 2.29 bits per heavy atom. The van der Waals surface area contributed by atoms with Crippen LogP contribution in [-0.2, 0) is 14.0 Å². The lowest BCUT2D eigenvalue weighted by molar-refractivity contribution is 0.00578. The minimum atomic E-state index is -0.738. The van der Waals surface area contributed by atoms with Crippen LogP contribution in [0.4, 0.5) is 0 Å². The molecule has 1 fully saturated rings. The second-order valence-electron chi connectivity index (χ2n) is 5.91. The molecule has 0 unspecified atom stereocenters. The molecule has 0 atom stereocenters. The standard InChI is InChI=1S/C14H18BNO5/c1-13(2)14(3,4)21-15(20-13)11-7-9(8-17)6-10(16-11)12(18)19-5/h6-8H,1-5H3. The van der Waals surface area contributed by atoms with E-state index in [1.165, 1.54) is 13.2 Å². The molecule has 112 valence electrons. The molecule has 1 aliphatic rings. The number of aromatic nitrogens is 1. The summed E-state index contributed by atoms with van der Waals surface area (Å²) in [6.07, 6.45) is 0.642. The third-order valence-corrected chi connectivity index (χ3v) is 3.89. The van der Waals surface area contributed by atoms with Crippen LogP contribution in [-0.4, -0.2) is 42.7 Å². The van der Waals surface area contributed by atoms with Gasteiger partial charge in [-0.25, -0.2) is 9.78 Å². The van der Waals surface area contributed by atoms with Crippen molar-refractivity contribution in [1.29, 1.82) is 0 Å². The van der Waals surface area contributed by atoms with Gasteiger partial charge in [0.1, 0.15) is 12.0 Å². The van der Waals surface area contributed by atoms with Gasteiger partial charge in [-0.15, -0.1) is 0 Å². The van der Waals surface area contributed by atoms with Crippen molar-refractivity contribution in [2.24, 2.45) is 0 Å². The van der Waals surface area contributed by atoms with E-state index in [0.717, 1.165) is 0 Å². The minimum Gasteiger partial charge on any atom is -0.464 e. The van der Waals surface area contributed by atoms with Crippen LogP contribution < -0.4 is 5.59 Å². The number of rotatable bonds is 3. The molecule has 1 aromatic heterocycles. The molecule has 2 heterocycles. The number of carbonyl (C=O) groups excluding carboxylic acids is 2. The zero-order chi connectivity index (χ0) is 15.8. The Morgan fingerprint density at radius 2 is 1.81 bits per heavy atom. The molecular formula is C14H18BNO5. The summed E-state index contributed by atoms with van der Waals surface area (Å²) in [4.78, 5) is 26.8. The van der Waals surface area contributed by atoms with Crippen molar-refractivity contribution in [2.45, 2.75) is 38.9 Å². The van der Waals surface area contributed by atoms with E-state index in [1.807, 2.05) is 27.7 Å². The van der Waals surface area contributed by atoms with E-state index >= 15 is 0 Å². The maximum atomic E-state index is 11.6. The average molecular weight is 291 g/mol. The average Bonchev–Trinajstić information content (AvgIpc) is 2.66. The molecule has 0 aromatic carbocycles. The Hall–Kier alpha value is -1.73. The highest BCUT2D eigenvalue weighted by atomic mass is 16.7. The highest BCUT2D eigenvalue weighted by Gasteiger charge is 2.52. The lowest BCUT2D eigenvalue weighted by Crippen LogP contribution is -2.41. The van der Waals surface area contributed by atoms with Crippen LogP contribution in [0.2, 0.25) is 0 Å². The molecule has 0 N–H and O–H groups in total. The fraction of sp³-hybridized carbons (Fsp3) is 0.500. The first-order valence-electron chi connectivity index (χ1n) is 6.61. The summed E-state index contributed by atoms with van der Waals surface area (Å²) in [5, 5.41) is 0. The minimum absolute atomic E-state index is 0.0480. The summed E-state index contributed by atoms with van der Waals surface area (Å²) in [6.45, 7) is 7.66. The van der Waals surface area contributed by atoms with Gasteiger partial charge >= 0.3 is 13.1 Å². The summed E-state index contributed by atoms with van der Waals surface area (Å²) in [6, 6.07) is 2.91. The number of carbonyl (C=O) groups is 2. The van der Waals surface area contributed by atoms with Crippen LogP contribution in [0.15, 0.2) is 12.1 Å². The Kier molecular flexibility index (Phi) is 3.90. The first-order chi connectivity index (χ1) is 9.70. The first-order valence-corrected chi connectivity index (χ1v) is 6.61. The highest BCUT2D eigenvalue weighted by molar-refractivity contribution is 6.61.